The van der Waals surface area contributed by atoms with Gasteiger partial charge in [-0.2, -0.15) is 5.10 Å². The third-order valence-electron chi connectivity index (χ3n) is 6.63. The first-order valence-corrected chi connectivity index (χ1v) is 11.1. The van der Waals surface area contributed by atoms with Gasteiger partial charge in [0, 0.05) is 55.4 Å². The van der Waals surface area contributed by atoms with Crippen LogP contribution < -0.4 is 5.63 Å². The lowest BCUT2D eigenvalue weighted by atomic mass is 9.87. The Hall–Kier alpha value is -2.93. The van der Waals surface area contributed by atoms with Gasteiger partial charge in [-0.25, -0.2) is 4.79 Å². The van der Waals surface area contributed by atoms with Gasteiger partial charge in [-0.15, -0.1) is 0 Å². The smallest absolute Gasteiger partial charge is 0.336 e. The van der Waals surface area contributed by atoms with Crippen LogP contribution in [-0.2, 0) is 19.4 Å². The van der Waals surface area contributed by atoms with Gasteiger partial charge in [0.2, 0.25) is 0 Å². The quantitative estimate of drug-likeness (QED) is 0.659. The predicted molar refractivity (Wildman–Crippen MR) is 118 cm³/mol. The molecule has 3 aromatic rings. The summed E-state index contributed by atoms with van der Waals surface area (Å²) in [6.07, 6.45) is 3.05. The molecule has 1 N–H and O–H groups in total. The van der Waals surface area contributed by atoms with E-state index in [1.807, 2.05) is 30.0 Å². The Morgan fingerprint density at radius 3 is 2.84 bits per heavy atom. The van der Waals surface area contributed by atoms with E-state index in [9.17, 15) is 9.59 Å². The van der Waals surface area contributed by atoms with Crippen molar-refractivity contribution in [2.75, 3.05) is 26.2 Å². The lowest BCUT2D eigenvalue weighted by Gasteiger charge is -2.34. The van der Waals surface area contributed by atoms with E-state index in [2.05, 4.69) is 22.0 Å². The van der Waals surface area contributed by atoms with Gasteiger partial charge in [0.25, 0.3) is 5.91 Å². The van der Waals surface area contributed by atoms with Gasteiger partial charge in [-0.05, 0) is 49.3 Å². The van der Waals surface area contributed by atoms with E-state index in [4.69, 9.17) is 4.42 Å². The van der Waals surface area contributed by atoms with Crippen LogP contribution in [0.15, 0.2) is 33.5 Å². The van der Waals surface area contributed by atoms with Gasteiger partial charge in [0.15, 0.2) is 5.69 Å². The highest BCUT2D eigenvalue weighted by Gasteiger charge is 2.29. The van der Waals surface area contributed by atoms with Crippen molar-refractivity contribution >= 4 is 16.9 Å². The number of benzene rings is 1. The van der Waals surface area contributed by atoms with Crippen molar-refractivity contribution in [3.05, 3.63) is 62.8 Å². The number of H-pyrrole nitrogens is 1. The number of fused-ring (bicyclic) bond motifs is 2. The minimum absolute atomic E-state index is 0.0348. The average Bonchev–Trinajstić information content (AvgIpc) is 3.16. The van der Waals surface area contributed by atoms with Crippen LogP contribution in [0.4, 0.5) is 0 Å². The minimum Gasteiger partial charge on any atom is -0.423 e. The summed E-state index contributed by atoms with van der Waals surface area (Å²) in [5, 5.41) is 8.43. The van der Waals surface area contributed by atoms with Gasteiger partial charge in [0.1, 0.15) is 5.58 Å². The summed E-state index contributed by atoms with van der Waals surface area (Å²) in [6.45, 7) is 7.74. The Balaban J connectivity index is 1.27. The molecule has 162 valence electrons. The highest BCUT2D eigenvalue weighted by molar-refractivity contribution is 5.94. The maximum absolute atomic E-state index is 13.1. The second-order valence-electron chi connectivity index (χ2n) is 9.04. The third kappa shape index (κ3) is 3.90. The molecule has 31 heavy (non-hydrogen) atoms. The zero-order valence-corrected chi connectivity index (χ0v) is 18.1. The molecule has 0 radical (unpaired) electrons. The number of hydrogen-bond donors (Lipinski definition) is 1. The Labute approximate surface area is 181 Å². The van der Waals surface area contributed by atoms with Crippen LogP contribution >= 0.6 is 0 Å². The number of piperazine rings is 1. The van der Waals surface area contributed by atoms with E-state index in [1.54, 1.807) is 6.07 Å². The van der Waals surface area contributed by atoms with Crippen LogP contribution in [0.2, 0.25) is 0 Å². The van der Waals surface area contributed by atoms with E-state index >= 15 is 0 Å². The summed E-state index contributed by atoms with van der Waals surface area (Å²) >= 11 is 0. The Bertz CT molecular complexity index is 1190. The largest absolute Gasteiger partial charge is 0.423 e. The number of hydrogen-bond acceptors (Lipinski definition) is 5. The highest BCUT2D eigenvalue weighted by atomic mass is 16.4. The number of aromatic nitrogens is 2. The lowest BCUT2D eigenvalue weighted by molar-refractivity contribution is 0.0621. The van der Waals surface area contributed by atoms with E-state index in [-0.39, 0.29) is 11.5 Å². The molecule has 3 heterocycles. The topological polar surface area (TPSA) is 82.4 Å². The van der Waals surface area contributed by atoms with Crippen LogP contribution in [0.25, 0.3) is 11.0 Å². The first-order valence-electron chi connectivity index (χ1n) is 11.1. The van der Waals surface area contributed by atoms with Crippen molar-refractivity contribution in [2.24, 2.45) is 5.92 Å². The monoisotopic (exact) mass is 420 g/mol. The summed E-state index contributed by atoms with van der Waals surface area (Å²) in [6, 6.07) is 7.55. The molecule has 7 heteroatoms. The van der Waals surface area contributed by atoms with Crippen molar-refractivity contribution in [2.45, 2.75) is 39.7 Å². The zero-order chi connectivity index (χ0) is 21.5. The molecular weight excluding hydrogens is 392 g/mol. The van der Waals surface area contributed by atoms with Gasteiger partial charge >= 0.3 is 5.63 Å². The molecule has 7 nitrogen and oxygen atoms in total. The van der Waals surface area contributed by atoms with Crippen molar-refractivity contribution in [1.82, 2.24) is 20.0 Å². The van der Waals surface area contributed by atoms with Gasteiger partial charge in [-0.1, -0.05) is 19.1 Å². The maximum atomic E-state index is 13.1. The standard InChI is InChI=1S/C24H28N4O3/c1-15-4-6-20-19(11-15)23(26-25-20)24(30)28-9-7-27(8-10-28)14-17-13-22(29)31-21-12-16(2)3-5-18(17)21/h3,5,12-13,15H,4,6-11,14H2,1-2H3,(H,25,26)/t15-/m1/s1. The predicted octanol–water partition coefficient (Wildman–Crippen LogP) is 2.91. The number of nitrogens with zero attached hydrogens (tertiary/aromatic N) is 3. The summed E-state index contributed by atoms with van der Waals surface area (Å²) in [7, 11) is 0. The van der Waals surface area contributed by atoms with Crippen LogP contribution in [0.1, 0.15) is 46.2 Å². The maximum Gasteiger partial charge on any atom is 0.336 e. The molecule has 1 aromatic carbocycles. The molecule has 2 aliphatic rings. The second-order valence-corrected chi connectivity index (χ2v) is 9.04. The minimum atomic E-state index is -0.320. The molecule has 1 fully saturated rings. The summed E-state index contributed by atoms with van der Waals surface area (Å²) in [4.78, 5) is 29.4. The van der Waals surface area contributed by atoms with Crippen LogP contribution in [-0.4, -0.2) is 52.1 Å². The molecule has 1 aliphatic heterocycles. The molecule has 0 saturated carbocycles. The van der Waals surface area contributed by atoms with Crippen LogP contribution in [0.5, 0.6) is 0 Å². The van der Waals surface area contributed by atoms with Crippen molar-refractivity contribution < 1.29 is 9.21 Å². The fraction of sp³-hybridized carbons (Fsp3) is 0.458. The fourth-order valence-corrected chi connectivity index (χ4v) is 4.81. The average molecular weight is 421 g/mol. The molecule has 1 amide bonds. The van der Waals surface area contributed by atoms with Gasteiger partial charge < -0.3 is 9.32 Å². The molecule has 1 atom stereocenters. The van der Waals surface area contributed by atoms with Crippen molar-refractivity contribution in [1.29, 1.82) is 0 Å². The van der Waals surface area contributed by atoms with E-state index in [1.165, 1.54) is 0 Å². The summed E-state index contributed by atoms with van der Waals surface area (Å²) < 4.78 is 5.38. The molecule has 1 aliphatic carbocycles. The number of rotatable bonds is 3. The number of carbonyl (C=O) groups is 1. The number of nitrogens with one attached hydrogen (secondary N) is 1. The Morgan fingerprint density at radius 2 is 2.03 bits per heavy atom. The SMILES string of the molecule is Cc1ccc2c(CN3CCN(C(=O)c4n[nH]c5c4C[C@H](C)CC5)CC3)cc(=O)oc2c1. The molecule has 1 saturated heterocycles. The zero-order valence-electron chi connectivity index (χ0n) is 18.1. The highest BCUT2D eigenvalue weighted by Crippen LogP contribution is 2.27. The normalized spacial score (nSPS) is 19.5. The van der Waals surface area contributed by atoms with Gasteiger partial charge in [0.05, 0.1) is 0 Å². The van der Waals surface area contributed by atoms with Crippen molar-refractivity contribution in [3.63, 3.8) is 0 Å². The molecule has 0 unspecified atom stereocenters. The Kier molecular flexibility index (Phi) is 5.14. The van der Waals surface area contributed by atoms with Crippen LogP contribution in [0, 0.1) is 12.8 Å². The van der Waals surface area contributed by atoms with E-state index in [0.29, 0.717) is 36.8 Å². The molecule has 0 spiro atoms. The number of amides is 1. The molecule has 0 bridgehead atoms. The lowest BCUT2D eigenvalue weighted by Crippen LogP contribution is -2.48. The Morgan fingerprint density at radius 1 is 1.23 bits per heavy atom. The van der Waals surface area contributed by atoms with E-state index in [0.717, 1.165) is 60.1 Å². The number of carbonyl (C=O) groups excluding carboxylic acids is 1. The van der Waals surface area contributed by atoms with Crippen LogP contribution in [0.3, 0.4) is 0 Å². The second kappa shape index (κ2) is 7.96. The number of aryl methyl sites for hydroxylation is 2. The molecular formula is C24H28N4O3. The first kappa shape index (κ1) is 20.0. The first-order chi connectivity index (χ1) is 15.0. The van der Waals surface area contributed by atoms with E-state index < -0.39 is 0 Å². The van der Waals surface area contributed by atoms with Gasteiger partial charge in [-0.3, -0.25) is 14.8 Å². The third-order valence-corrected chi connectivity index (χ3v) is 6.63. The fourth-order valence-electron chi connectivity index (χ4n) is 4.81. The number of aromatic amines is 1. The molecule has 5 rings (SSSR count). The summed E-state index contributed by atoms with van der Waals surface area (Å²) in [5.74, 6) is 0.628. The summed E-state index contributed by atoms with van der Waals surface area (Å²) in [5.41, 5.74) is 5.20. The molecule has 2 aromatic heterocycles. The van der Waals surface area contributed by atoms with Crippen molar-refractivity contribution in [3.8, 4) is 0 Å².